The lowest BCUT2D eigenvalue weighted by molar-refractivity contribution is -0.121. The number of halogens is 2. The second kappa shape index (κ2) is 11.3. The zero-order valence-corrected chi connectivity index (χ0v) is 21.3. The number of anilines is 1. The predicted molar refractivity (Wildman–Crippen MR) is 140 cm³/mol. The molecule has 2 aromatic carbocycles. The Morgan fingerprint density at radius 2 is 1.77 bits per heavy atom. The molecule has 2 aromatic heterocycles. The van der Waals surface area contributed by atoms with E-state index < -0.39 is 35.7 Å². The van der Waals surface area contributed by atoms with Crippen LogP contribution >= 0.6 is 0 Å². The number of carbonyl (C=O) groups is 2. The third-order valence-electron chi connectivity index (χ3n) is 7.24. The van der Waals surface area contributed by atoms with Gasteiger partial charge in [-0.1, -0.05) is 49.6 Å². The summed E-state index contributed by atoms with van der Waals surface area (Å²) in [4.78, 5) is 34.0. The van der Waals surface area contributed by atoms with Crippen LogP contribution in [0, 0.1) is 17.6 Å². The number of pyridine rings is 1. The number of hydrogen-bond donors (Lipinski definition) is 2. The number of carbonyl (C=O) groups excluding carboxylic acids is 1. The number of aromatic nitrogens is 3. The van der Waals surface area contributed by atoms with Gasteiger partial charge in [0.2, 0.25) is 5.91 Å². The first-order valence-corrected chi connectivity index (χ1v) is 12.8. The molecule has 1 aliphatic carbocycles. The Morgan fingerprint density at radius 1 is 1.05 bits per heavy atom. The Labute approximate surface area is 223 Å². The molecule has 2 N–H and O–H groups in total. The average molecular weight is 535 g/mol. The van der Waals surface area contributed by atoms with Gasteiger partial charge in [-0.05, 0) is 36.5 Å². The lowest BCUT2D eigenvalue weighted by atomic mass is 9.83. The van der Waals surface area contributed by atoms with Crippen LogP contribution in [-0.4, -0.2) is 38.6 Å². The highest BCUT2D eigenvalue weighted by atomic mass is 19.2. The molecule has 2 heterocycles. The number of nitrogens with zero attached hydrogens (tertiary/aromatic N) is 3. The van der Waals surface area contributed by atoms with E-state index in [0.29, 0.717) is 5.82 Å². The fourth-order valence-electron chi connectivity index (χ4n) is 5.39. The minimum atomic E-state index is -1.13. The zero-order chi connectivity index (χ0) is 27.5. The van der Waals surface area contributed by atoms with Gasteiger partial charge in [0.1, 0.15) is 23.8 Å². The van der Waals surface area contributed by atoms with Gasteiger partial charge in [0.05, 0.1) is 16.6 Å². The first-order valence-electron chi connectivity index (χ1n) is 12.8. The maximum absolute atomic E-state index is 14.6. The summed E-state index contributed by atoms with van der Waals surface area (Å²) in [7, 11) is 1.52. The van der Waals surface area contributed by atoms with Gasteiger partial charge in [0, 0.05) is 25.4 Å². The van der Waals surface area contributed by atoms with Crippen molar-refractivity contribution in [2.24, 2.45) is 5.92 Å². The van der Waals surface area contributed by atoms with Crippen LogP contribution in [0.2, 0.25) is 0 Å². The highest BCUT2D eigenvalue weighted by Crippen LogP contribution is 2.39. The third-order valence-corrected chi connectivity index (χ3v) is 7.24. The summed E-state index contributed by atoms with van der Waals surface area (Å²) in [5.74, 6) is -3.20. The summed E-state index contributed by atoms with van der Waals surface area (Å²) < 4.78 is 36.4. The molecule has 39 heavy (non-hydrogen) atoms. The number of hydrogen-bond acceptors (Lipinski definition) is 5. The Kier molecular flexibility index (Phi) is 7.65. The van der Waals surface area contributed by atoms with E-state index in [1.54, 1.807) is 4.57 Å². The highest BCUT2D eigenvalue weighted by Gasteiger charge is 2.36. The van der Waals surface area contributed by atoms with Crippen molar-refractivity contribution in [2.45, 2.75) is 44.2 Å². The molecule has 1 aliphatic rings. The van der Waals surface area contributed by atoms with Gasteiger partial charge in [-0.2, -0.15) is 0 Å². The quantitative estimate of drug-likeness (QED) is 0.291. The number of ether oxygens (including phenoxy) is 1. The summed E-state index contributed by atoms with van der Waals surface area (Å²) in [5, 5.41) is 12.0. The number of benzene rings is 2. The van der Waals surface area contributed by atoms with Gasteiger partial charge in [-0.15, -0.1) is 0 Å². The molecule has 5 rings (SSSR count). The van der Waals surface area contributed by atoms with Crippen LogP contribution in [0.4, 0.5) is 14.6 Å². The Morgan fingerprint density at radius 3 is 2.41 bits per heavy atom. The van der Waals surface area contributed by atoms with E-state index in [2.05, 4.69) is 15.3 Å². The monoisotopic (exact) mass is 534 g/mol. The largest absolute Gasteiger partial charge is 0.478 e. The molecular formula is C29H28F2N4O4. The van der Waals surface area contributed by atoms with Crippen LogP contribution in [-0.2, 0) is 9.53 Å². The number of nitrogens with one attached hydrogen (secondary N) is 1. The summed E-state index contributed by atoms with van der Waals surface area (Å²) >= 11 is 0. The number of rotatable bonds is 8. The summed E-state index contributed by atoms with van der Waals surface area (Å²) in [6.45, 7) is 0. The molecule has 2 atom stereocenters. The van der Waals surface area contributed by atoms with Crippen molar-refractivity contribution < 1.29 is 28.2 Å². The van der Waals surface area contributed by atoms with Crippen molar-refractivity contribution in [2.75, 3.05) is 12.4 Å². The number of fused-ring (bicyclic) bond motifs is 1. The average Bonchev–Trinajstić information content (AvgIpc) is 3.28. The number of carboxylic acids is 1. The zero-order valence-electron chi connectivity index (χ0n) is 21.3. The van der Waals surface area contributed by atoms with Crippen molar-refractivity contribution in [1.29, 1.82) is 0 Å². The van der Waals surface area contributed by atoms with Crippen LogP contribution in [0.1, 0.15) is 66.0 Å². The van der Waals surface area contributed by atoms with Gasteiger partial charge < -0.3 is 19.7 Å². The van der Waals surface area contributed by atoms with Crippen molar-refractivity contribution in [3.05, 3.63) is 89.4 Å². The summed E-state index contributed by atoms with van der Waals surface area (Å²) in [5.41, 5.74) is 1.25. The van der Waals surface area contributed by atoms with Crippen molar-refractivity contribution in [3.8, 4) is 0 Å². The SMILES string of the molecule is COC(c1ccccc1)c1nc2cc(F)c(F)cc2n1C(C(=O)Nc1ccc(C(=O)O)cn1)C1CCCCC1. The predicted octanol–water partition coefficient (Wildman–Crippen LogP) is 5.90. The molecule has 8 nitrogen and oxygen atoms in total. The van der Waals surface area contributed by atoms with Crippen LogP contribution in [0.3, 0.4) is 0 Å². The molecule has 0 aliphatic heterocycles. The normalized spacial score (nSPS) is 15.7. The first-order chi connectivity index (χ1) is 18.9. The third kappa shape index (κ3) is 5.37. The van der Waals surface area contributed by atoms with E-state index in [1.165, 1.54) is 25.4 Å². The maximum Gasteiger partial charge on any atom is 0.337 e. The minimum Gasteiger partial charge on any atom is -0.478 e. The molecule has 2 unspecified atom stereocenters. The van der Waals surface area contributed by atoms with Gasteiger partial charge in [-0.3, -0.25) is 4.79 Å². The molecule has 0 saturated heterocycles. The molecule has 202 valence electrons. The molecule has 1 amide bonds. The Hall–Kier alpha value is -4.18. The molecule has 0 bridgehead atoms. The Balaban J connectivity index is 1.66. The van der Waals surface area contributed by atoms with Crippen molar-refractivity contribution in [1.82, 2.24) is 14.5 Å². The molecule has 4 aromatic rings. The molecular weight excluding hydrogens is 506 g/mol. The fraction of sp³-hybridized carbons (Fsp3) is 0.310. The number of methoxy groups -OCH3 is 1. The van der Waals surface area contributed by atoms with E-state index in [-0.39, 0.29) is 28.3 Å². The number of carboxylic acid groups (broad SMARTS) is 1. The lowest BCUT2D eigenvalue weighted by Crippen LogP contribution is -2.35. The molecule has 0 radical (unpaired) electrons. The van der Waals surface area contributed by atoms with Crippen LogP contribution in [0.5, 0.6) is 0 Å². The molecule has 1 saturated carbocycles. The standard InChI is InChI=1S/C29H28F2N4O4/c1-39-26(18-10-6-3-7-11-18)27-33-22-14-20(30)21(31)15-23(22)35(27)25(17-8-4-2-5-9-17)28(36)34-24-13-12-19(16-32-24)29(37)38/h3,6-7,10-17,25-26H,2,4-5,8-9H2,1H3,(H,37,38)(H,32,34,36). The van der Waals surface area contributed by atoms with Gasteiger partial charge in [-0.25, -0.2) is 23.5 Å². The lowest BCUT2D eigenvalue weighted by Gasteiger charge is -2.32. The van der Waals surface area contributed by atoms with Crippen LogP contribution in [0.25, 0.3) is 11.0 Å². The van der Waals surface area contributed by atoms with E-state index in [4.69, 9.17) is 4.74 Å². The van der Waals surface area contributed by atoms with Gasteiger partial charge >= 0.3 is 5.97 Å². The van der Waals surface area contributed by atoms with E-state index in [9.17, 15) is 23.5 Å². The van der Waals surface area contributed by atoms with E-state index >= 15 is 0 Å². The second-order valence-corrected chi connectivity index (χ2v) is 9.69. The van der Waals surface area contributed by atoms with Crippen LogP contribution in [0.15, 0.2) is 60.8 Å². The first kappa shape index (κ1) is 26.4. The maximum atomic E-state index is 14.6. The molecule has 10 heteroatoms. The smallest absolute Gasteiger partial charge is 0.337 e. The topological polar surface area (TPSA) is 106 Å². The van der Waals surface area contributed by atoms with Crippen LogP contribution < -0.4 is 5.32 Å². The number of amides is 1. The van der Waals surface area contributed by atoms with Gasteiger partial charge in [0.25, 0.3) is 0 Å². The minimum absolute atomic E-state index is 0.0111. The number of imidazole rings is 1. The van der Waals surface area contributed by atoms with E-state index in [0.717, 1.165) is 49.8 Å². The number of aromatic carboxylic acids is 1. The molecule has 1 fully saturated rings. The fourth-order valence-corrected chi connectivity index (χ4v) is 5.39. The summed E-state index contributed by atoms with van der Waals surface area (Å²) in [6, 6.07) is 13.3. The van der Waals surface area contributed by atoms with Gasteiger partial charge in [0.15, 0.2) is 11.6 Å². The van der Waals surface area contributed by atoms with Crippen molar-refractivity contribution >= 4 is 28.7 Å². The summed E-state index contributed by atoms with van der Waals surface area (Å²) in [6.07, 6.45) is 4.88. The van der Waals surface area contributed by atoms with E-state index in [1.807, 2.05) is 30.3 Å². The Bertz CT molecular complexity index is 1480. The second-order valence-electron chi connectivity index (χ2n) is 9.69. The van der Waals surface area contributed by atoms with Crippen molar-refractivity contribution in [3.63, 3.8) is 0 Å². The molecule has 0 spiro atoms. The highest BCUT2D eigenvalue weighted by molar-refractivity contribution is 5.95.